The van der Waals surface area contributed by atoms with E-state index in [0.717, 1.165) is 12.8 Å². The molecular weight excluding hydrogens is 256 g/mol. The lowest BCUT2D eigenvalue weighted by molar-refractivity contribution is -0.134. The predicted octanol–water partition coefficient (Wildman–Crippen LogP) is 2.85. The van der Waals surface area contributed by atoms with Gasteiger partial charge in [0.25, 0.3) is 0 Å². The quantitative estimate of drug-likeness (QED) is 0.778. The van der Waals surface area contributed by atoms with Crippen LogP contribution in [0.15, 0.2) is 33.2 Å². The molecular formula is C16H18O4. The van der Waals surface area contributed by atoms with Crippen molar-refractivity contribution in [3.05, 3.63) is 40.0 Å². The van der Waals surface area contributed by atoms with E-state index in [-0.39, 0.29) is 22.5 Å². The molecule has 3 aliphatic rings. The molecule has 4 heteroatoms. The van der Waals surface area contributed by atoms with E-state index in [4.69, 9.17) is 9.15 Å². The summed E-state index contributed by atoms with van der Waals surface area (Å²) in [6.45, 7) is 5.99. The number of esters is 1. The fourth-order valence-electron chi connectivity index (χ4n) is 3.36. The molecule has 20 heavy (non-hydrogen) atoms. The molecule has 1 saturated carbocycles. The van der Waals surface area contributed by atoms with E-state index in [1.165, 1.54) is 12.3 Å². The molecule has 4 rings (SSSR count). The summed E-state index contributed by atoms with van der Waals surface area (Å²) in [5.41, 5.74) is 0.531. The fraction of sp³-hybridized carbons (Fsp3) is 0.500. The minimum Gasteiger partial charge on any atom is -0.465 e. The van der Waals surface area contributed by atoms with Crippen molar-refractivity contribution in [1.82, 2.24) is 0 Å². The maximum absolute atomic E-state index is 12.3. The summed E-state index contributed by atoms with van der Waals surface area (Å²) in [7, 11) is 0. The third-order valence-corrected chi connectivity index (χ3v) is 4.91. The molecule has 3 aliphatic carbocycles. The Kier molecular flexibility index (Phi) is 2.85. The zero-order valence-electron chi connectivity index (χ0n) is 11.9. The van der Waals surface area contributed by atoms with E-state index in [1.54, 1.807) is 6.92 Å². The van der Waals surface area contributed by atoms with Crippen LogP contribution in [-0.2, 0) is 4.79 Å². The Morgan fingerprint density at radius 2 is 2.20 bits per heavy atom. The van der Waals surface area contributed by atoms with Gasteiger partial charge in [-0.15, -0.1) is 0 Å². The van der Waals surface area contributed by atoms with E-state index in [1.807, 2.05) is 6.08 Å². The molecule has 0 N–H and O–H groups in total. The van der Waals surface area contributed by atoms with E-state index in [9.17, 15) is 9.59 Å². The van der Waals surface area contributed by atoms with Crippen molar-refractivity contribution in [2.45, 2.75) is 33.6 Å². The molecule has 1 heterocycles. The molecule has 2 bridgehead atoms. The minimum atomic E-state index is -0.414. The fourth-order valence-corrected chi connectivity index (χ4v) is 3.36. The number of allylic oxidation sites excluding steroid dienone is 1. The molecule has 0 unspecified atom stereocenters. The van der Waals surface area contributed by atoms with Crippen LogP contribution in [0.1, 0.15) is 32.4 Å². The van der Waals surface area contributed by atoms with Gasteiger partial charge in [0.15, 0.2) is 0 Å². The van der Waals surface area contributed by atoms with Gasteiger partial charge in [-0.05, 0) is 37.0 Å². The molecule has 0 aromatic carbocycles. The Balaban J connectivity index is 1.85. The largest absolute Gasteiger partial charge is 0.465 e. The van der Waals surface area contributed by atoms with Crippen LogP contribution in [0, 0.1) is 24.2 Å². The van der Waals surface area contributed by atoms with E-state index >= 15 is 0 Å². The van der Waals surface area contributed by atoms with Gasteiger partial charge in [0, 0.05) is 11.6 Å². The van der Waals surface area contributed by atoms with Crippen LogP contribution >= 0.6 is 0 Å². The molecule has 0 aliphatic heterocycles. The highest BCUT2D eigenvalue weighted by Crippen LogP contribution is 2.59. The van der Waals surface area contributed by atoms with E-state index in [2.05, 4.69) is 13.8 Å². The number of hydrogen-bond acceptors (Lipinski definition) is 4. The highest BCUT2D eigenvalue weighted by Gasteiger charge is 2.53. The Bertz CT molecular complexity index is 651. The Morgan fingerprint density at radius 1 is 1.45 bits per heavy atom. The van der Waals surface area contributed by atoms with Crippen LogP contribution in [-0.4, -0.2) is 5.97 Å². The Morgan fingerprint density at radius 3 is 2.80 bits per heavy atom. The van der Waals surface area contributed by atoms with Gasteiger partial charge < -0.3 is 9.15 Å². The molecule has 0 radical (unpaired) electrons. The Labute approximate surface area is 117 Å². The molecule has 0 spiro atoms. The monoisotopic (exact) mass is 274 g/mol. The maximum atomic E-state index is 12.3. The van der Waals surface area contributed by atoms with Crippen LogP contribution in [0.5, 0.6) is 5.75 Å². The summed E-state index contributed by atoms with van der Waals surface area (Å²) in [4.78, 5) is 24.0. The van der Waals surface area contributed by atoms with Crippen molar-refractivity contribution in [2.75, 3.05) is 0 Å². The smallest absolute Gasteiger partial charge is 0.339 e. The maximum Gasteiger partial charge on any atom is 0.339 e. The lowest BCUT2D eigenvalue weighted by Crippen LogP contribution is -2.49. The van der Waals surface area contributed by atoms with E-state index in [0.29, 0.717) is 17.3 Å². The molecule has 0 amide bonds. The normalized spacial score (nSPS) is 26.4. The number of ether oxygens (including phenoxy) is 1. The van der Waals surface area contributed by atoms with Gasteiger partial charge in [0.1, 0.15) is 5.76 Å². The second-order valence-electron chi connectivity index (χ2n) is 6.26. The van der Waals surface area contributed by atoms with Gasteiger partial charge in [-0.2, -0.15) is 0 Å². The molecule has 4 nitrogen and oxygen atoms in total. The highest BCUT2D eigenvalue weighted by molar-refractivity contribution is 5.91. The zero-order valence-corrected chi connectivity index (χ0v) is 11.9. The zero-order chi connectivity index (χ0) is 14.5. The van der Waals surface area contributed by atoms with Crippen LogP contribution in [0.2, 0.25) is 0 Å². The molecule has 0 saturated heterocycles. The first-order valence-electron chi connectivity index (χ1n) is 6.92. The number of hydrogen-bond donors (Lipinski definition) is 0. The summed E-state index contributed by atoms with van der Waals surface area (Å²) in [5, 5.41) is 0. The predicted molar refractivity (Wildman–Crippen MR) is 73.4 cm³/mol. The molecule has 2 atom stereocenters. The SMILES string of the molecule is Cc1occc(=O)c1OC(=O)C1=CC[C@H]2C[C@H]1C2(C)C. The average Bonchev–Trinajstić information content (AvgIpc) is 2.42. The Hall–Kier alpha value is -1.84. The first-order chi connectivity index (χ1) is 9.41. The summed E-state index contributed by atoms with van der Waals surface area (Å²) in [6, 6.07) is 1.26. The van der Waals surface area contributed by atoms with E-state index < -0.39 is 5.97 Å². The highest BCUT2D eigenvalue weighted by atomic mass is 16.5. The number of aryl methyl sites for hydroxylation is 1. The minimum absolute atomic E-state index is 0.00217. The average molecular weight is 274 g/mol. The summed E-state index contributed by atoms with van der Waals surface area (Å²) in [6.07, 6.45) is 5.22. The van der Waals surface area contributed by atoms with Crippen molar-refractivity contribution in [3.63, 3.8) is 0 Å². The van der Waals surface area contributed by atoms with Crippen molar-refractivity contribution >= 4 is 5.97 Å². The van der Waals surface area contributed by atoms with Crippen LogP contribution in [0.25, 0.3) is 0 Å². The first kappa shape index (κ1) is 13.2. The van der Waals surface area contributed by atoms with Gasteiger partial charge in [0.05, 0.1) is 6.26 Å². The molecule has 1 fully saturated rings. The lowest BCUT2D eigenvalue weighted by atomic mass is 9.49. The summed E-state index contributed by atoms with van der Waals surface area (Å²) < 4.78 is 10.4. The topological polar surface area (TPSA) is 56.5 Å². The lowest BCUT2D eigenvalue weighted by Gasteiger charge is -2.55. The number of carbonyl (C=O) groups excluding carboxylic acids is 1. The van der Waals surface area contributed by atoms with Gasteiger partial charge in [-0.25, -0.2) is 4.79 Å². The van der Waals surface area contributed by atoms with Crippen molar-refractivity contribution in [3.8, 4) is 5.75 Å². The van der Waals surface area contributed by atoms with Crippen LogP contribution in [0.4, 0.5) is 0 Å². The number of rotatable bonds is 2. The standard InChI is InChI=1S/C16H18O4/c1-9-14(13(17)6-7-19-9)20-15(18)11-5-4-10-8-12(11)16(10,2)3/h5-7,10,12H,4,8H2,1-3H3/t10-,12+/m0/s1. The first-order valence-corrected chi connectivity index (χ1v) is 6.92. The van der Waals surface area contributed by atoms with Gasteiger partial charge in [-0.3, -0.25) is 4.79 Å². The third kappa shape index (κ3) is 1.82. The van der Waals surface area contributed by atoms with Crippen LogP contribution in [0.3, 0.4) is 0 Å². The van der Waals surface area contributed by atoms with Gasteiger partial charge >= 0.3 is 5.97 Å². The molecule has 1 aromatic rings. The van der Waals surface area contributed by atoms with Gasteiger partial charge in [0.2, 0.25) is 11.2 Å². The van der Waals surface area contributed by atoms with Crippen molar-refractivity contribution in [2.24, 2.45) is 17.3 Å². The van der Waals surface area contributed by atoms with Crippen molar-refractivity contribution in [1.29, 1.82) is 0 Å². The second kappa shape index (κ2) is 4.33. The third-order valence-electron chi connectivity index (χ3n) is 4.91. The summed E-state index contributed by atoms with van der Waals surface area (Å²) in [5.74, 6) is 0.811. The van der Waals surface area contributed by atoms with Crippen LogP contribution < -0.4 is 10.2 Å². The molecule has 1 aromatic heterocycles. The second-order valence-corrected chi connectivity index (χ2v) is 6.26. The van der Waals surface area contributed by atoms with Gasteiger partial charge in [-0.1, -0.05) is 19.9 Å². The van der Waals surface area contributed by atoms with Crippen molar-refractivity contribution < 1.29 is 13.9 Å². The number of carbonyl (C=O) groups is 1. The number of fused-ring (bicyclic) bond motifs is 1. The molecule has 106 valence electrons. The summed E-state index contributed by atoms with van der Waals surface area (Å²) >= 11 is 0.